The predicted molar refractivity (Wildman–Crippen MR) is 94.0 cm³/mol. The highest BCUT2D eigenvalue weighted by atomic mass is 32.1. The van der Waals surface area contributed by atoms with Gasteiger partial charge >= 0.3 is 0 Å². The fourth-order valence-corrected chi connectivity index (χ4v) is 4.35. The summed E-state index contributed by atoms with van der Waals surface area (Å²) >= 11 is 1.50. The van der Waals surface area contributed by atoms with Gasteiger partial charge in [-0.2, -0.15) is 0 Å². The van der Waals surface area contributed by atoms with Crippen molar-refractivity contribution < 1.29 is 4.79 Å². The highest BCUT2D eigenvalue weighted by molar-refractivity contribution is 7.12. The van der Waals surface area contributed by atoms with Crippen LogP contribution in [-0.2, 0) is 6.42 Å². The number of carbonyl (C=O) groups excluding carboxylic acids is 1. The number of aromatic nitrogens is 1. The predicted octanol–water partition coefficient (Wildman–Crippen LogP) is 3.77. The largest absolute Gasteiger partial charge is 0.306 e. The molecule has 3 nitrogen and oxygen atoms in total. The van der Waals surface area contributed by atoms with Crippen LogP contribution in [0.1, 0.15) is 45.4 Å². The van der Waals surface area contributed by atoms with Crippen LogP contribution in [0.4, 0.5) is 0 Å². The highest BCUT2D eigenvalue weighted by Crippen LogP contribution is 2.33. The maximum absolute atomic E-state index is 12.8. The molecule has 0 atom stereocenters. The van der Waals surface area contributed by atoms with Crippen LogP contribution >= 0.6 is 11.3 Å². The van der Waals surface area contributed by atoms with Gasteiger partial charge in [0.1, 0.15) is 0 Å². The monoisotopic (exact) mass is 324 g/mol. The van der Waals surface area contributed by atoms with Gasteiger partial charge < -0.3 is 4.90 Å². The van der Waals surface area contributed by atoms with E-state index in [9.17, 15) is 4.79 Å². The van der Waals surface area contributed by atoms with Crippen molar-refractivity contribution in [1.29, 1.82) is 0 Å². The van der Waals surface area contributed by atoms with E-state index in [1.54, 1.807) is 0 Å². The van der Waals surface area contributed by atoms with E-state index in [0.29, 0.717) is 10.9 Å². The second kappa shape index (κ2) is 6.02. The van der Waals surface area contributed by atoms with Gasteiger partial charge in [-0.05, 0) is 50.5 Å². The zero-order chi connectivity index (χ0) is 15.8. The van der Waals surface area contributed by atoms with Crippen LogP contribution in [0.2, 0.25) is 0 Å². The second-order valence-corrected chi connectivity index (χ2v) is 7.32. The molecule has 1 fully saturated rings. The van der Waals surface area contributed by atoms with Crippen LogP contribution in [0.5, 0.6) is 0 Å². The van der Waals surface area contributed by atoms with Gasteiger partial charge in [0.2, 0.25) is 5.78 Å². The number of thiazole rings is 1. The molecule has 1 aliphatic carbocycles. The molecule has 0 radical (unpaired) electrons. The number of ketones is 1. The number of allylic oxidation sites excluding steroid dienone is 2. The fourth-order valence-electron chi connectivity index (χ4n) is 3.50. The van der Waals surface area contributed by atoms with Crippen molar-refractivity contribution >= 4 is 22.7 Å². The number of hydrogen-bond donors (Lipinski definition) is 0. The average Bonchev–Trinajstić information content (AvgIpc) is 3.22. The van der Waals surface area contributed by atoms with Crippen LogP contribution in [0, 0.1) is 0 Å². The highest BCUT2D eigenvalue weighted by Gasteiger charge is 2.25. The molecule has 0 N–H and O–H groups in total. The third-order valence-corrected chi connectivity index (χ3v) is 5.79. The lowest BCUT2D eigenvalue weighted by Gasteiger charge is -2.27. The van der Waals surface area contributed by atoms with Gasteiger partial charge in [-0.3, -0.25) is 4.79 Å². The Hall–Kier alpha value is -1.78. The van der Waals surface area contributed by atoms with Gasteiger partial charge in [-0.25, -0.2) is 4.98 Å². The summed E-state index contributed by atoms with van der Waals surface area (Å²) in [6.07, 6.45) is 5.17. The zero-order valence-corrected chi connectivity index (χ0v) is 14.1. The minimum Gasteiger partial charge on any atom is -0.306 e. The molecule has 1 aromatic carbocycles. The summed E-state index contributed by atoms with van der Waals surface area (Å²) < 4.78 is 0. The molecule has 2 aliphatic rings. The summed E-state index contributed by atoms with van der Waals surface area (Å²) in [5.41, 5.74) is 4.25. The number of hydrogen-bond acceptors (Lipinski definition) is 4. The quantitative estimate of drug-likeness (QED) is 0.806. The van der Waals surface area contributed by atoms with Crippen LogP contribution in [0.3, 0.4) is 0 Å². The zero-order valence-electron chi connectivity index (χ0n) is 13.3. The van der Waals surface area contributed by atoms with E-state index in [1.165, 1.54) is 16.9 Å². The van der Waals surface area contributed by atoms with E-state index < -0.39 is 0 Å². The third kappa shape index (κ3) is 2.77. The molecule has 2 aromatic rings. The summed E-state index contributed by atoms with van der Waals surface area (Å²) in [4.78, 5) is 19.9. The lowest BCUT2D eigenvalue weighted by Crippen LogP contribution is -2.29. The first-order valence-corrected chi connectivity index (χ1v) is 9.07. The number of carbonyl (C=O) groups is 1. The molecule has 1 aliphatic heterocycles. The molecular weight excluding hydrogens is 304 g/mol. The summed E-state index contributed by atoms with van der Waals surface area (Å²) in [5, 5.41) is 2.73. The molecule has 0 unspecified atom stereocenters. The first-order valence-electron chi connectivity index (χ1n) is 8.19. The summed E-state index contributed by atoms with van der Waals surface area (Å²) in [7, 11) is 2.16. The molecule has 2 heterocycles. The first-order chi connectivity index (χ1) is 11.2. The number of rotatable bonds is 3. The Morgan fingerprint density at radius 1 is 1.26 bits per heavy atom. The standard InChI is InChI=1S/C19H20N2OS/c1-21-10-8-14(9-11-21)17-12-23-19(20-17)18(22)16-7-6-13-4-2-3-5-15(13)16/h2-5,7,12,14H,6,8-11H2,1H3. The molecular formula is C19H20N2OS. The minimum absolute atomic E-state index is 0.0825. The number of piperidine rings is 1. The molecule has 1 aromatic heterocycles. The Bertz CT molecular complexity index is 769. The SMILES string of the molecule is CN1CCC(c2csc(C(=O)C3=CCc4ccccc43)n2)CC1. The van der Waals surface area contributed by atoms with Crippen molar-refractivity contribution in [2.75, 3.05) is 20.1 Å². The van der Waals surface area contributed by atoms with E-state index in [0.717, 1.165) is 49.2 Å². The lowest BCUT2D eigenvalue weighted by molar-refractivity contribution is 0.105. The van der Waals surface area contributed by atoms with Crippen LogP contribution in [0.25, 0.3) is 5.57 Å². The number of benzene rings is 1. The summed E-state index contributed by atoms with van der Waals surface area (Å²) in [6.45, 7) is 2.23. The molecule has 0 bridgehead atoms. The van der Waals surface area contributed by atoms with Crippen molar-refractivity contribution in [2.24, 2.45) is 0 Å². The molecule has 0 saturated carbocycles. The van der Waals surface area contributed by atoms with E-state index in [1.807, 2.05) is 24.3 Å². The maximum Gasteiger partial charge on any atom is 0.221 e. The number of likely N-dealkylation sites (tertiary alicyclic amines) is 1. The van der Waals surface area contributed by atoms with E-state index >= 15 is 0 Å². The molecule has 0 spiro atoms. The van der Waals surface area contributed by atoms with Crippen molar-refractivity contribution in [3.8, 4) is 0 Å². The Labute approximate surface area is 140 Å². The van der Waals surface area contributed by atoms with E-state index in [2.05, 4.69) is 28.4 Å². The molecule has 23 heavy (non-hydrogen) atoms. The first kappa shape index (κ1) is 14.8. The Balaban J connectivity index is 1.54. The van der Waals surface area contributed by atoms with Gasteiger partial charge in [0.05, 0.1) is 5.69 Å². The van der Waals surface area contributed by atoms with Crippen molar-refractivity contribution in [2.45, 2.75) is 25.2 Å². The normalized spacial score (nSPS) is 18.7. The maximum atomic E-state index is 12.8. The summed E-state index contributed by atoms with van der Waals surface area (Å²) in [5.74, 6) is 0.591. The van der Waals surface area contributed by atoms with Crippen LogP contribution in [0.15, 0.2) is 35.7 Å². The van der Waals surface area contributed by atoms with Crippen molar-refractivity contribution in [1.82, 2.24) is 9.88 Å². The Kier molecular flexibility index (Phi) is 3.87. The fraction of sp³-hybridized carbons (Fsp3) is 0.368. The van der Waals surface area contributed by atoms with Gasteiger partial charge in [0.15, 0.2) is 5.01 Å². The van der Waals surface area contributed by atoms with E-state index in [-0.39, 0.29) is 5.78 Å². The van der Waals surface area contributed by atoms with Crippen LogP contribution < -0.4 is 0 Å². The molecule has 4 rings (SSSR count). The number of Topliss-reactive ketones (excluding diaryl/α,β-unsaturated/α-hetero) is 1. The molecule has 118 valence electrons. The van der Waals surface area contributed by atoms with Gasteiger partial charge in [0, 0.05) is 16.9 Å². The number of fused-ring (bicyclic) bond motifs is 1. The summed E-state index contributed by atoms with van der Waals surface area (Å²) in [6, 6.07) is 8.16. The van der Waals surface area contributed by atoms with Gasteiger partial charge in [-0.1, -0.05) is 30.3 Å². The topological polar surface area (TPSA) is 33.2 Å². The third-order valence-electron chi connectivity index (χ3n) is 4.93. The van der Waals surface area contributed by atoms with Crippen LogP contribution in [-0.4, -0.2) is 35.8 Å². The molecule has 4 heteroatoms. The smallest absolute Gasteiger partial charge is 0.221 e. The van der Waals surface area contributed by atoms with Gasteiger partial charge in [0.25, 0.3) is 0 Å². The molecule has 1 saturated heterocycles. The average molecular weight is 324 g/mol. The lowest BCUT2D eigenvalue weighted by atomic mass is 9.94. The van der Waals surface area contributed by atoms with Gasteiger partial charge in [-0.15, -0.1) is 11.3 Å². The minimum atomic E-state index is 0.0825. The molecule has 0 amide bonds. The number of nitrogens with zero attached hydrogens (tertiary/aromatic N) is 2. The van der Waals surface area contributed by atoms with Crippen molar-refractivity contribution in [3.05, 3.63) is 57.6 Å². The second-order valence-electron chi connectivity index (χ2n) is 6.46. The van der Waals surface area contributed by atoms with E-state index in [4.69, 9.17) is 0 Å². The Morgan fingerprint density at radius 2 is 2.04 bits per heavy atom. The Morgan fingerprint density at radius 3 is 2.87 bits per heavy atom. The van der Waals surface area contributed by atoms with Crippen molar-refractivity contribution in [3.63, 3.8) is 0 Å².